The van der Waals surface area contributed by atoms with Gasteiger partial charge in [0.15, 0.2) is 0 Å². The van der Waals surface area contributed by atoms with E-state index in [9.17, 15) is 4.79 Å². The lowest BCUT2D eigenvalue weighted by atomic mass is 10.0. The van der Waals surface area contributed by atoms with Crippen LogP contribution in [-0.2, 0) is 17.8 Å². The number of carbonyl (C=O) groups is 1. The number of hydrogen-bond donors (Lipinski definition) is 2. The molecule has 3 nitrogen and oxygen atoms in total. The van der Waals surface area contributed by atoms with Crippen molar-refractivity contribution in [3.05, 3.63) is 35.4 Å². The lowest BCUT2D eigenvalue weighted by Crippen LogP contribution is -2.26. The monoisotopic (exact) mass is 280 g/mol. The Labute approximate surface area is 120 Å². The van der Waals surface area contributed by atoms with Gasteiger partial charge in [-0.15, -0.1) is 0 Å². The molecule has 1 rings (SSSR count). The molecule has 1 aromatic carbocycles. The van der Waals surface area contributed by atoms with Crippen LogP contribution < -0.4 is 11.1 Å². The molecule has 0 saturated heterocycles. The molecule has 0 aliphatic carbocycles. The van der Waals surface area contributed by atoms with Gasteiger partial charge in [-0.1, -0.05) is 30.7 Å². The van der Waals surface area contributed by atoms with Gasteiger partial charge in [-0.2, -0.15) is 11.8 Å². The SMILES string of the molecule is CSCCCCCNC(=O)Cc1ccccc1CN. The molecule has 0 spiro atoms. The molecule has 0 atom stereocenters. The summed E-state index contributed by atoms with van der Waals surface area (Å²) >= 11 is 1.87. The molecular weight excluding hydrogens is 256 g/mol. The van der Waals surface area contributed by atoms with Gasteiger partial charge in [0, 0.05) is 13.1 Å². The van der Waals surface area contributed by atoms with E-state index in [1.54, 1.807) is 0 Å². The van der Waals surface area contributed by atoms with Crippen LogP contribution in [-0.4, -0.2) is 24.5 Å². The first-order chi connectivity index (χ1) is 9.27. The van der Waals surface area contributed by atoms with Gasteiger partial charge in [-0.05, 0) is 36.0 Å². The predicted octanol–water partition coefficient (Wildman–Crippen LogP) is 2.34. The van der Waals surface area contributed by atoms with Gasteiger partial charge in [0.1, 0.15) is 0 Å². The van der Waals surface area contributed by atoms with Crippen molar-refractivity contribution in [3.63, 3.8) is 0 Å². The molecule has 0 aliphatic heterocycles. The molecule has 1 aromatic rings. The van der Waals surface area contributed by atoms with Gasteiger partial charge in [0.2, 0.25) is 5.91 Å². The Hall–Kier alpha value is -1.00. The van der Waals surface area contributed by atoms with E-state index in [2.05, 4.69) is 11.6 Å². The van der Waals surface area contributed by atoms with Crippen molar-refractivity contribution in [3.8, 4) is 0 Å². The highest BCUT2D eigenvalue weighted by molar-refractivity contribution is 7.98. The summed E-state index contributed by atoms with van der Waals surface area (Å²) in [7, 11) is 0. The minimum absolute atomic E-state index is 0.0887. The summed E-state index contributed by atoms with van der Waals surface area (Å²) < 4.78 is 0. The number of nitrogens with one attached hydrogen (secondary N) is 1. The van der Waals surface area contributed by atoms with Gasteiger partial charge in [0.05, 0.1) is 6.42 Å². The number of hydrogen-bond acceptors (Lipinski definition) is 3. The molecular formula is C15H24N2OS. The van der Waals surface area contributed by atoms with Crippen LogP contribution in [0.5, 0.6) is 0 Å². The van der Waals surface area contributed by atoms with Gasteiger partial charge in [-0.25, -0.2) is 0 Å². The van der Waals surface area contributed by atoms with E-state index >= 15 is 0 Å². The first-order valence-electron chi connectivity index (χ1n) is 6.80. The Balaban J connectivity index is 2.23. The molecule has 3 N–H and O–H groups in total. The Morgan fingerprint density at radius 2 is 1.95 bits per heavy atom. The Kier molecular flexibility index (Phi) is 8.34. The summed E-state index contributed by atoms with van der Waals surface area (Å²) in [4.78, 5) is 11.8. The van der Waals surface area contributed by atoms with E-state index in [4.69, 9.17) is 5.73 Å². The normalized spacial score (nSPS) is 10.4. The van der Waals surface area contributed by atoms with E-state index in [-0.39, 0.29) is 5.91 Å². The van der Waals surface area contributed by atoms with Gasteiger partial charge >= 0.3 is 0 Å². The maximum Gasteiger partial charge on any atom is 0.224 e. The van der Waals surface area contributed by atoms with Crippen molar-refractivity contribution in [2.24, 2.45) is 5.73 Å². The number of rotatable bonds is 9. The quantitative estimate of drug-likeness (QED) is 0.683. The molecule has 0 heterocycles. The minimum Gasteiger partial charge on any atom is -0.356 e. The van der Waals surface area contributed by atoms with Crippen LogP contribution in [0.3, 0.4) is 0 Å². The molecule has 0 fully saturated rings. The first kappa shape index (κ1) is 16.1. The summed E-state index contributed by atoms with van der Waals surface area (Å²) in [5, 5.41) is 2.97. The van der Waals surface area contributed by atoms with Crippen LogP contribution in [0.25, 0.3) is 0 Å². The van der Waals surface area contributed by atoms with Crippen molar-refractivity contribution in [2.45, 2.75) is 32.2 Å². The minimum atomic E-state index is 0.0887. The average Bonchev–Trinajstić information content (AvgIpc) is 2.43. The summed E-state index contributed by atoms with van der Waals surface area (Å²) in [5.74, 6) is 1.29. The fourth-order valence-corrected chi connectivity index (χ4v) is 2.43. The second-order valence-corrected chi connectivity index (χ2v) is 5.54. The molecule has 0 unspecified atom stereocenters. The topological polar surface area (TPSA) is 55.1 Å². The maximum absolute atomic E-state index is 11.8. The van der Waals surface area contributed by atoms with Crippen molar-refractivity contribution in [2.75, 3.05) is 18.6 Å². The fraction of sp³-hybridized carbons (Fsp3) is 0.533. The van der Waals surface area contributed by atoms with E-state index in [0.29, 0.717) is 13.0 Å². The highest BCUT2D eigenvalue weighted by Gasteiger charge is 2.06. The molecule has 19 heavy (non-hydrogen) atoms. The highest BCUT2D eigenvalue weighted by atomic mass is 32.2. The largest absolute Gasteiger partial charge is 0.356 e. The van der Waals surface area contributed by atoms with Gasteiger partial charge in [0.25, 0.3) is 0 Å². The second kappa shape index (κ2) is 9.87. The Morgan fingerprint density at radius 1 is 1.21 bits per heavy atom. The zero-order valence-electron chi connectivity index (χ0n) is 11.7. The summed E-state index contributed by atoms with van der Waals surface area (Å²) in [5.41, 5.74) is 7.75. The number of amides is 1. The van der Waals surface area contributed by atoms with Crippen molar-refractivity contribution >= 4 is 17.7 Å². The van der Waals surface area contributed by atoms with Gasteiger partial charge < -0.3 is 11.1 Å². The molecule has 106 valence electrons. The maximum atomic E-state index is 11.8. The van der Waals surface area contributed by atoms with Crippen LogP contribution in [0.15, 0.2) is 24.3 Å². The number of nitrogens with two attached hydrogens (primary N) is 1. The van der Waals surface area contributed by atoms with Crippen LogP contribution in [0, 0.1) is 0 Å². The molecule has 0 aromatic heterocycles. The average molecular weight is 280 g/mol. The predicted molar refractivity (Wildman–Crippen MR) is 83.3 cm³/mol. The fourth-order valence-electron chi connectivity index (χ4n) is 1.94. The Bertz CT molecular complexity index is 382. The standard InChI is InChI=1S/C15H24N2OS/c1-19-10-6-2-5-9-17-15(18)11-13-7-3-4-8-14(13)12-16/h3-4,7-8H,2,5-6,9-12,16H2,1H3,(H,17,18). The molecule has 0 bridgehead atoms. The summed E-state index contributed by atoms with van der Waals surface area (Å²) in [6.45, 7) is 1.26. The van der Waals surface area contributed by atoms with Crippen LogP contribution >= 0.6 is 11.8 Å². The summed E-state index contributed by atoms with van der Waals surface area (Å²) in [6, 6.07) is 7.85. The van der Waals surface area contributed by atoms with Gasteiger partial charge in [-0.3, -0.25) is 4.79 Å². The van der Waals surface area contributed by atoms with Crippen LogP contribution in [0.4, 0.5) is 0 Å². The van der Waals surface area contributed by atoms with E-state index in [1.807, 2.05) is 36.0 Å². The number of benzene rings is 1. The van der Waals surface area contributed by atoms with Crippen LogP contribution in [0.2, 0.25) is 0 Å². The third-order valence-electron chi connectivity index (χ3n) is 3.04. The second-order valence-electron chi connectivity index (χ2n) is 4.55. The smallest absolute Gasteiger partial charge is 0.224 e. The summed E-state index contributed by atoms with van der Waals surface area (Å²) in [6.07, 6.45) is 6.02. The number of thioether (sulfide) groups is 1. The van der Waals surface area contributed by atoms with Crippen molar-refractivity contribution < 1.29 is 4.79 Å². The Morgan fingerprint density at radius 3 is 2.63 bits per heavy atom. The number of carbonyl (C=O) groups excluding carboxylic acids is 1. The molecule has 0 aliphatic rings. The lowest BCUT2D eigenvalue weighted by Gasteiger charge is -2.08. The molecule has 4 heteroatoms. The van der Waals surface area contributed by atoms with Crippen molar-refractivity contribution in [1.29, 1.82) is 0 Å². The zero-order chi connectivity index (χ0) is 13.9. The third kappa shape index (κ3) is 6.64. The van der Waals surface area contributed by atoms with E-state index in [1.165, 1.54) is 18.6 Å². The number of unbranched alkanes of at least 4 members (excludes halogenated alkanes) is 2. The first-order valence-corrected chi connectivity index (χ1v) is 8.19. The third-order valence-corrected chi connectivity index (χ3v) is 3.73. The molecule has 0 saturated carbocycles. The lowest BCUT2D eigenvalue weighted by molar-refractivity contribution is -0.120. The van der Waals surface area contributed by atoms with E-state index in [0.717, 1.165) is 24.1 Å². The molecule has 1 amide bonds. The van der Waals surface area contributed by atoms with Crippen molar-refractivity contribution in [1.82, 2.24) is 5.32 Å². The highest BCUT2D eigenvalue weighted by Crippen LogP contribution is 2.08. The zero-order valence-corrected chi connectivity index (χ0v) is 12.5. The van der Waals surface area contributed by atoms with Crippen LogP contribution in [0.1, 0.15) is 30.4 Å². The van der Waals surface area contributed by atoms with E-state index < -0.39 is 0 Å². The molecule has 0 radical (unpaired) electrons.